The molecule has 2 heterocycles. The van der Waals surface area contributed by atoms with Gasteiger partial charge in [0.2, 0.25) is 5.95 Å². The molecule has 3 aromatic rings. The minimum atomic E-state index is -0.114. The number of carbonyl (C=O) groups excluding carboxylic acids is 1. The van der Waals surface area contributed by atoms with Gasteiger partial charge in [0.1, 0.15) is 0 Å². The standard InChI is InChI=1S/C19H18Cl2N4OS/c1-2-22-19-24-10-8-15(25-19)16-5-6-17(27-16)18(26)23-9-7-12-3-4-13(20)11-14(12)21/h3-6,8,10-11H,2,7,9H2,1H3,(H,23,26)(H,22,24,25). The summed E-state index contributed by atoms with van der Waals surface area (Å²) in [5.41, 5.74) is 1.74. The minimum absolute atomic E-state index is 0.114. The monoisotopic (exact) mass is 420 g/mol. The van der Waals surface area contributed by atoms with Crippen LogP contribution in [0.1, 0.15) is 22.2 Å². The Hall–Kier alpha value is -2.15. The third kappa shape index (κ3) is 5.19. The number of hydrogen-bond acceptors (Lipinski definition) is 5. The molecule has 0 fully saturated rings. The number of hydrogen-bond donors (Lipinski definition) is 2. The van der Waals surface area contributed by atoms with E-state index in [9.17, 15) is 4.79 Å². The molecule has 3 rings (SSSR count). The number of nitrogens with zero attached hydrogens (tertiary/aromatic N) is 2. The van der Waals surface area contributed by atoms with Gasteiger partial charge in [-0.1, -0.05) is 29.3 Å². The van der Waals surface area contributed by atoms with Gasteiger partial charge in [-0.05, 0) is 49.2 Å². The average molecular weight is 421 g/mol. The van der Waals surface area contributed by atoms with Gasteiger partial charge in [0.25, 0.3) is 5.91 Å². The molecule has 2 aromatic heterocycles. The van der Waals surface area contributed by atoms with Crippen molar-refractivity contribution < 1.29 is 4.79 Å². The van der Waals surface area contributed by atoms with Crippen LogP contribution >= 0.6 is 34.5 Å². The molecule has 2 N–H and O–H groups in total. The normalized spacial score (nSPS) is 10.6. The Morgan fingerprint density at radius 2 is 2.04 bits per heavy atom. The maximum absolute atomic E-state index is 12.4. The predicted molar refractivity (Wildman–Crippen MR) is 112 cm³/mol. The number of rotatable bonds is 7. The second-order valence-electron chi connectivity index (χ2n) is 5.70. The number of amides is 1. The maximum Gasteiger partial charge on any atom is 0.261 e. The SMILES string of the molecule is CCNc1nccc(-c2ccc(C(=O)NCCc3ccc(Cl)cc3Cl)s2)n1. The van der Waals surface area contributed by atoms with Crippen molar-refractivity contribution in [1.29, 1.82) is 0 Å². The van der Waals surface area contributed by atoms with E-state index in [0.29, 0.717) is 33.8 Å². The highest BCUT2D eigenvalue weighted by Gasteiger charge is 2.12. The van der Waals surface area contributed by atoms with Crippen LogP contribution in [0.25, 0.3) is 10.6 Å². The van der Waals surface area contributed by atoms with Crippen LogP contribution in [0.2, 0.25) is 10.0 Å². The van der Waals surface area contributed by atoms with E-state index in [1.165, 1.54) is 11.3 Å². The number of benzene rings is 1. The Labute approximate surface area is 171 Å². The second kappa shape index (κ2) is 9.17. The number of thiophene rings is 1. The van der Waals surface area contributed by atoms with Crippen molar-refractivity contribution in [3.8, 4) is 10.6 Å². The van der Waals surface area contributed by atoms with Crippen molar-refractivity contribution in [1.82, 2.24) is 15.3 Å². The molecule has 0 radical (unpaired) electrons. The molecule has 0 aliphatic rings. The highest BCUT2D eigenvalue weighted by Crippen LogP contribution is 2.27. The molecule has 0 atom stereocenters. The third-order valence-corrected chi connectivity index (χ3v) is 5.46. The zero-order valence-corrected chi connectivity index (χ0v) is 17.0. The van der Waals surface area contributed by atoms with Gasteiger partial charge in [-0.25, -0.2) is 9.97 Å². The predicted octanol–water partition coefficient (Wildman–Crippen LogP) is 4.92. The van der Waals surface area contributed by atoms with E-state index in [-0.39, 0.29) is 5.91 Å². The smallest absolute Gasteiger partial charge is 0.261 e. The molecule has 1 amide bonds. The largest absolute Gasteiger partial charge is 0.354 e. The molecule has 1 aromatic carbocycles. The molecule has 27 heavy (non-hydrogen) atoms. The van der Waals surface area contributed by atoms with Gasteiger partial charge in [-0.2, -0.15) is 0 Å². The first-order valence-electron chi connectivity index (χ1n) is 8.46. The summed E-state index contributed by atoms with van der Waals surface area (Å²) < 4.78 is 0. The zero-order chi connectivity index (χ0) is 19.2. The molecule has 8 heteroatoms. The van der Waals surface area contributed by atoms with Crippen LogP contribution in [0.15, 0.2) is 42.6 Å². The van der Waals surface area contributed by atoms with E-state index in [2.05, 4.69) is 20.6 Å². The van der Waals surface area contributed by atoms with Crippen LogP contribution in [-0.2, 0) is 6.42 Å². The summed E-state index contributed by atoms with van der Waals surface area (Å²) in [5, 5.41) is 7.21. The van der Waals surface area contributed by atoms with Crippen LogP contribution in [0.4, 0.5) is 5.95 Å². The number of anilines is 1. The molecule has 0 aliphatic heterocycles. The Kier molecular flexibility index (Phi) is 6.66. The summed E-state index contributed by atoms with van der Waals surface area (Å²) in [6.07, 6.45) is 2.34. The van der Waals surface area contributed by atoms with Crippen LogP contribution in [0.5, 0.6) is 0 Å². The fourth-order valence-corrected chi connectivity index (χ4v) is 3.85. The molecular weight excluding hydrogens is 403 g/mol. The lowest BCUT2D eigenvalue weighted by Gasteiger charge is -2.06. The third-order valence-electron chi connectivity index (χ3n) is 3.77. The van der Waals surface area contributed by atoms with E-state index >= 15 is 0 Å². The quantitative estimate of drug-likeness (QED) is 0.569. The first-order valence-corrected chi connectivity index (χ1v) is 10.0. The van der Waals surface area contributed by atoms with Crippen molar-refractivity contribution >= 4 is 46.4 Å². The lowest BCUT2D eigenvalue weighted by atomic mass is 10.1. The number of aromatic nitrogens is 2. The van der Waals surface area contributed by atoms with Crippen molar-refractivity contribution in [2.24, 2.45) is 0 Å². The second-order valence-corrected chi connectivity index (χ2v) is 7.63. The Morgan fingerprint density at radius 1 is 1.19 bits per heavy atom. The molecule has 0 saturated heterocycles. The molecule has 5 nitrogen and oxygen atoms in total. The Morgan fingerprint density at radius 3 is 2.81 bits per heavy atom. The number of halogens is 2. The zero-order valence-electron chi connectivity index (χ0n) is 14.6. The molecular formula is C19H18Cl2N4OS. The van der Waals surface area contributed by atoms with E-state index < -0.39 is 0 Å². The summed E-state index contributed by atoms with van der Waals surface area (Å²) in [4.78, 5) is 22.6. The van der Waals surface area contributed by atoms with E-state index in [1.807, 2.05) is 25.1 Å². The van der Waals surface area contributed by atoms with Gasteiger partial charge in [-0.15, -0.1) is 11.3 Å². The maximum atomic E-state index is 12.4. The number of nitrogens with one attached hydrogen (secondary N) is 2. The summed E-state index contributed by atoms with van der Waals surface area (Å²) in [5.74, 6) is 0.464. The van der Waals surface area contributed by atoms with Crippen LogP contribution < -0.4 is 10.6 Å². The molecule has 140 valence electrons. The molecule has 0 spiro atoms. The van der Waals surface area contributed by atoms with Gasteiger partial charge >= 0.3 is 0 Å². The molecule has 0 aliphatic carbocycles. The summed E-state index contributed by atoms with van der Waals surface area (Å²) in [6, 6.07) is 10.9. The van der Waals surface area contributed by atoms with Gasteiger partial charge in [0, 0.05) is 29.3 Å². The molecule has 0 unspecified atom stereocenters. The molecule has 0 saturated carbocycles. The summed E-state index contributed by atoms with van der Waals surface area (Å²) >= 11 is 13.5. The Balaban J connectivity index is 1.60. The average Bonchev–Trinajstić information content (AvgIpc) is 3.14. The topological polar surface area (TPSA) is 66.9 Å². The van der Waals surface area contributed by atoms with Gasteiger partial charge < -0.3 is 10.6 Å². The van der Waals surface area contributed by atoms with E-state index in [0.717, 1.165) is 22.7 Å². The van der Waals surface area contributed by atoms with Gasteiger partial charge in [0.05, 0.1) is 15.4 Å². The highest BCUT2D eigenvalue weighted by molar-refractivity contribution is 7.17. The summed E-state index contributed by atoms with van der Waals surface area (Å²) in [7, 11) is 0. The van der Waals surface area contributed by atoms with Crippen molar-refractivity contribution in [2.45, 2.75) is 13.3 Å². The first-order chi connectivity index (χ1) is 13.1. The van der Waals surface area contributed by atoms with E-state index in [1.54, 1.807) is 24.4 Å². The van der Waals surface area contributed by atoms with Crippen LogP contribution in [0, 0.1) is 0 Å². The van der Waals surface area contributed by atoms with Crippen LogP contribution in [-0.4, -0.2) is 29.0 Å². The van der Waals surface area contributed by atoms with Gasteiger partial charge in [0.15, 0.2) is 0 Å². The lowest BCUT2D eigenvalue weighted by Crippen LogP contribution is -2.24. The van der Waals surface area contributed by atoms with Crippen molar-refractivity contribution in [3.05, 3.63) is 63.1 Å². The minimum Gasteiger partial charge on any atom is -0.354 e. The van der Waals surface area contributed by atoms with Crippen molar-refractivity contribution in [3.63, 3.8) is 0 Å². The fraction of sp³-hybridized carbons (Fsp3) is 0.211. The van der Waals surface area contributed by atoms with Gasteiger partial charge in [-0.3, -0.25) is 4.79 Å². The fourth-order valence-electron chi connectivity index (χ4n) is 2.46. The Bertz CT molecular complexity index is 945. The lowest BCUT2D eigenvalue weighted by molar-refractivity contribution is 0.0958. The first kappa shape index (κ1) is 19.6. The van der Waals surface area contributed by atoms with E-state index in [4.69, 9.17) is 23.2 Å². The molecule has 0 bridgehead atoms. The van der Waals surface area contributed by atoms with Crippen LogP contribution in [0.3, 0.4) is 0 Å². The van der Waals surface area contributed by atoms with Crippen molar-refractivity contribution in [2.75, 3.05) is 18.4 Å². The summed E-state index contributed by atoms with van der Waals surface area (Å²) in [6.45, 7) is 3.23. The highest BCUT2D eigenvalue weighted by atomic mass is 35.5. The number of carbonyl (C=O) groups is 1.